The van der Waals surface area contributed by atoms with Gasteiger partial charge in [-0.3, -0.25) is 4.57 Å². The number of nitrogens with zero attached hydrogens (tertiary/aromatic N) is 2. The number of para-hydroxylation sites is 2. The van der Waals surface area contributed by atoms with E-state index in [4.69, 9.17) is 4.98 Å². The van der Waals surface area contributed by atoms with Crippen molar-refractivity contribution in [3.8, 4) is 27.9 Å². The van der Waals surface area contributed by atoms with Gasteiger partial charge in [-0.25, -0.2) is 13.4 Å². The molecular weight excluding hydrogens is 617 g/mol. The van der Waals surface area contributed by atoms with Gasteiger partial charge in [-0.05, 0) is 68.6 Å². The molecule has 6 heteroatoms. The molecule has 0 amide bonds. The number of sulfone groups is 1. The van der Waals surface area contributed by atoms with Crippen LogP contribution in [-0.2, 0) is 16.3 Å². The lowest BCUT2D eigenvalue weighted by Crippen LogP contribution is -2.17. The van der Waals surface area contributed by atoms with E-state index in [1.54, 1.807) is 18.2 Å². The fourth-order valence-electron chi connectivity index (χ4n) is 7.74. The first kappa shape index (κ1) is 26.9. The third-order valence-corrected chi connectivity index (χ3v) is 12.6. The van der Waals surface area contributed by atoms with Crippen LogP contribution in [0, 0.1) is 0 Å². The Labute approximate surface area is 275 Å². The Kier molecular flexibility index (Phi) is 5.49. The van der Waals surface area contributed by atoms with Crippen molar-refractivity contribution in [1.82, 2.24) is 9.55 Å². The van der Waals surface area contributed by atoms with Crippen molar-refractivity contribution in [2.75, 3.05) is 0 Å². The number of benzene rings is 7. The highest BCUT2D eigenvalue weighted by Crippen LogP contribution is 2.49. The summed E-state index contributed by atoms with van der Waals surface area (Å²) in [6.45, 7) is 2.07. The van der Waals surface area contributed by atoms with Crippen molar-refractivity contribution < 1.29 is 8.42 Å². The fraction of sp³-hybridized carbons (Fsp3) is 0.0488. The fourth-order valence-corrected chi connectivity index (χ4v) is 10.5. The highest BCUT2D eigenvalue weighted by molar-refractivity contribution is 7.92. The van der Waals surface area contributed by atoms with Crippen LogP contribution in [0.5, 0.6) is 0 Å². The van der Waals surface area contributed by atoms with Gasteiger partial charge in [-0.2, -0.15) is 0 Å². The Morgan fingerprint density at radius 3 is 1.96 bits per heavy atom. The van der Waals surface area contributed by atoms with Crippen LogP contribution in [0.4, 0.5) is 0 Å². The van der Waals surface area contributed by atoms with Gasteiger partial charge < -0.3 is 0 Å². The van der Waals surface area contributed by atoms with Gasteiger partial charge in [0.25, 0.3) is 0 Å². The van der Waals surface area contributed by atoms with Crippen LogP contribution < -0.4 is 0 Å². The number of fused-ring (bicyclic) bond motifs is 7. The van der Waals surface area contributed by atoms with Gasteiger partial charge in [0.15, 0.2) is 0 Å². The van der Waals surface area contributed by atoms with Crippen molar-refractivity contribution >= 4 is 73.9 Å². The lowest BCUT2D eigenvalue weighted by molar-refractivity contribution is 0.594. The third kappa shape index (κ3) is 3.57. The van der Waals surface area contributed by atoms with Crippen molar-refractivity contribution in [3.63, 3.8) is 0 Å². The Hall–Kier alpha value is -5.30. The zero-order chi connectivity index (χ0) is 31.4. The highest BCUT2D eigenvalue weighted by Gasteiger charge is 2.35. The number of aromatic nitrogens is 2. The molecule has 0 saturated carbocycles. The molecule has 10 rings (SSSR count). The maximum Gasteiger partial charge on any atom is 0.210 e. The molecule has 2 aromatic heterocycles. The molecule has 4 nitrogen and oxygen atoms in total. The van der Waals surface area contributed by atoms with Gasteiger partial charge in [-0.15, -0.1) is 11.3 Å². The first-order valence-corrected chi connectivity index (χ1v) is 18.1. The van der Waals surface area contributed by atoms with Crippen molar-refractivity contribution in [2.24, 2.45) is 0 Å². The summed E-state index contributed by atoms with van der Waals surface area (Å²) in [6.07, 6.45) is 0.669. The summed E-state index contributed by atoms with van der Waals surface area (Å²) >= 11 is 1.83. The number of hydrogen-bond acceptors (Lipinski definition) is 4. The highest BCUT2D eigenvalue weighted by atomic mass is 32.2. The number of aryl methyl sites for hydroxylation is 1. The van der Waals surface area contributed by atoms with E-state index in [-0.39, 0.29) is 0 Å². The molecule has 1 aliphatic rings. The SMILES string of the molecule is CCc1nc2cccc3c2n1-c1c(-c2c4ccccc4c(-c4ccc5c(c4)sc4ccccc45)c4ccccc24)cccc1S3(=O)=O. The molecule has 0 aliphatic carbocycles. The molecule has 47 heavy (non-hydrogen) atoms. The zero-order valence-electron chi connectivity index (χ0n) is 25.4. The lowest BCUT2D eigenvalue weighted by Gasteiger charge is -2.25. The molecule has 224 valence electrons. The third-order valence-electron chi connectivity index (χ3n) is 9.70. The molecule has 9 aromatic rings. The average molecular weight is 643 g/mol. The van der Waals surface area contributed by atoms with E-state index in [9.17, 15) is 8.42 Å². The van der Waals surface area contributed by atoms with E-state index in [0.717, 1.165) is 38.5 Å². The second-order valence-electron chi connectivity index (χ2n) is 12.1. The lowest BCUT2D eigenvalue weighted by atomic mass is 9.85. The van der Waals surface area contributed by atoms with Crippen molar-refractivity contribution in [1.29, 1.82) is 0 Å². The maximum atomic E-state index is 14.3. The molecule has 0 unspecified atom stereocenters. The first-order valence-electron chi connectivity index (χ1n) is 15.8. The largest absolute Gasteiger partial charge is 0.293 e. The molecule has 1 aliphatic heterocycles. The van der Waals surface area contributed by atoms with Gasteiger partial charge in [0.2, 0.25) is 9.84 Å². The molecule has 0 radical (unpaired) electrons. The number of rotatable bonds is 3. The van der Waals surface area contributed by atoms with Gasteiger partial charge in [0.1, 0.15) is 5.82 Å². The van der Waals surface area contributed by atoms with E-state index < -0.39 is 9.84 Å². The van der Waals surface area contributed by atoms with Crippen LogP contribution in [0.25, 0.3) is 80.7 Å². The average Bonchev–Trinajstić information content (AvgIpc) is 3.67. The van der Waals surface area contributed by atoms with E-state index in [0.29, 0.717) is 32.9 Å². The minimum atomic E-state index is -3.78. The summed E-state index contributed by atoms with van der Waals surface area (Å²) in [5.74, 6) is 0.845. The standard InChI is InChI=1S/C41H26N2O2S2/c1-2-37-42-32-17-10-20-36-41(32)43(37)40-31(16-9-19-35(40)47(36,44)45)39-29-14-5-3-12-27(29)38(28-13-4-6-15-30(28)39)24-21-22-26-25-11-7-8-18-33(25)46-34(26)23-24/h3-23H,2H2,1H3. The molecule has 0 N–H and O–H groups in total. The zero-order valence-corrected chi connectivity index (χ0v) is 27.0. The Morgan fingerprint density at radius 2 is 1.23 bits per heavy atom. The number of thiophene rings is 1. The van der Waals surface area contributed by atoms with Gasteiger partial charge in [0.05, 0.1) is 26.5 Å². The molecule has 0 bridgehead atoms. The monoisotopic (exact) mass is 642 g/mol. The number of imidazole rings is 1. The summed E-state index contributed by atoms with van der Waals surface area (Å²) in [5.41, 5.74) is 6.30. The van der Waals surface area contributed by atoms with E-state index >= 15 is 0 Å². The Morgan fingerprint density at radius 1 is 0.617 bits per heavy atom. The molecule has 7 aromatic carbocycles. The molecular formula is C41H26N2O2S2. The summed E-state index contributed by atoms with van der Waals surface area (Å²) in [7, 11) is -3.78. The van der Waals surface area contributed by atoms with Crippen LogP contribution in [0.1, 0.15) is 12.7 Å². The smallest absolute Gasteiger partial charge is 0.210 e. The minimum Gasteiger partial charge on any atom is -0.293 e. The maximum absolute atomic E-state index is 14.3. The van der Waals surface area contributed by atoms with Crippen LogP contribution >= 0.6 is 11.3 Å². The van der Waals surface area contributed by atoms with Crippen molar-refractivity contribution in [2.45, 2.75) is 23.1 Å². The summed E-state index contributed by atoms with van der Waals surface area (Å²) in [5, 5.41) is 6.98. The summed E-state index contributed by atoms with van der Waals surface area (Å²) in [4.78, 5) is 5.55. The molecule has 0 saturated heterocycles. The van der Waals surface area contributed by atoms with Crippen LogP contribution in [0.3, 0.4) is 0 Å². The molecule has 0 atom stereocenters. The number of hydrogen-bond donors (Lipinski definition) is 0. The van der Waals surface area contributed by atoms with E-state index in [1.807, 2.05) is 23.5 Å². The second-order valence-corrected chi connectivity index (χ2v) is 15.1. The van der Waals surface area contributed by atoms with Crippen LogP contribution in [0.2, 0.25) is 0 Å². The topological polar surface area (TPSA) is 52.0 Å². The van der Waals surface area contributed by atoms with Crippen LogP contribution in [0.15, 0.2) is 137 Å². The predicted molar refractivity (Wildman–Crippen MR) is 195 cm³/mol. The molecule has 0 fully saturated rings. The minimum absolute atomic E-state index is 0.313. The van der Waals surface area contributed by atoms with E-state index in [1.165, 1.54) is 31.3 Å². The normalized spacial score (nSPS) is 13.6. The van der Waals surface area contributed by atoms with Gasteiger partial charge in [-0.1, -0.05) is 104 Å². The van der Waals surface area contributed by atoms with Crippen molar-refractivity contribution in [3.05, 3.63) is 133 Å². The summed E-state index contributed by atoms with van der Waals surface area (Å²) < 4.78 is 33.2. The second kappa shape index (κ2) is 9.61. The quantitative estimate of drug-likeness (QED) is 0.180. The van der Waals surface area contributed by atoms with Gasteiger partial charge >= 0.3 is 0 Å². The Balaban J connectivity index is 1.34. The summed E-state index contributed by atoms with van der Waals surface area (Å²) in [6, 6.07) is 43.6. The Bertz CT molecular complexity index is 2860. The van der Waals surface area contributed by atoms with E-state index in [2.05, 4.69) is 109 Å². The predicted octanol–water partition coefficient (Wildman–Crippen LogP) is 10.7. The van der Waals surface area contributed by atoms with Gasteiger partial charge in [0, 0.05) is 32.2 Å². The molecule has 3 heterocycles. The van der Waals surface area contributed by atoms with Crippen LogP contribution in [-0.4, -0.2) is 18.0 Å². The molecule has 0 spiro atoms. The first-order chi connectivity index (χ1) is 23.0.